The van der Waals surface area contributed by atoms with Crippen molar-refractivity contribution >= 4 is 5.91 Å². The zero-order chi connectivity index (χ0) is 17.9. The van der Waals surface area contributed by atoms with Crippen molar-refractivity contribution in [3.8, 4) is 11.8 Å². The Bertz CT molecular complexity index is 842. The standard InChI is InChI=1S/C21H19F2NO/c1-21(11-2-12-21)14-24-20(25)17-7-4-15(5-8-17)3-6-16-9-10-18(22)13-19(16)23/h4-5,7-10,13H,2,11-12,14H2,1H3,(H,24,25). The van der Waals surface area contributed by atoms with E-state index < -0.39 is 11.6 Å². The van der Waals surface area contributed by atoms with E-state index in [1.54, 1.807) is 24.3 Å². The highest BCUT2D eigenvalue weighted by Crippen LogP contribution is 2.39. The number of carbonyl (C=O) groups excluding carboxylic acids is 1. The minimum absolute atomic E-state index is 0.0998. The third kappa shape index (κ3) is 4.24. The van der Waals surface area contributed by atoms with Crippen molar-refractivity contribution in [2.45, 2.75) is 26.2 Å². The summed E-state index contributed by atoms with van der Waals surface area (Å²) in [6.07, 6.45) is 3.54. The van der Waals surface area contributed by atoms with Gasteiger partial charge in [0, 0.05) is 23.7 Å². The van der Waals surface area contributed by atoms with Crippen molar-refractivity contribution in [2.75, 3.05) is 6.54 Å². The lowest BCUT2D eigenvalue weighted by Crippen LogP contribution is -2.39. The normalized spacial score (nSPS) is 14.8. The quantitative estimate of drug-likeness (QED) is 0.831. The van der Waals surface area contributed by atoms with Gasteiger partial charge in [-0.15, -0.1) is 0 Å². The topological polar surface area (TPSA) is 29.1 Å². The first kappa shape index (κ1) is 17.2. The Labute approximate surface area is 146 Å². The average molecular weight is 339 g/mol. The second-order valence-corrected chi connectivity index (χ2v) is 6.80. The molecule has 2 aromatic rings. The molecule has 1 amide bonds. The maximum Gasteiger partial charge on any atom is 0.251 e. The molecule has 4 heteroatoms. The lowest BCUT2D eigenvalue weighted by molar-refractivity contribution is 0.0891. The van der Waals surface area contributed by atoms with Crippen LogP contribution in [0.25, 0.3) is 0 Å². The zero-order valence-electron chi connectivity index (χ0n) is 14.0. The van der Waals surface area contributed by atoms with Crippen molar-refractivity contribution in [3.63, 3.8) is 0 Å². The van der Waals surface area contributed by atoms with E-state index in [0.717, 1.165) is 18.9 Å². The van der Waals surface area contributed by atoms with Gasteiger partial charge in [-0.2, -0.15) is 0 Å². The largest absolute Gasteiger partial charge is 0.351 e. The van der Waals surface area contributed by atoms with Gasteiger partial charge < -0.3 is 5.32 Å². The van der Waals surface area contributed by atoms with Crippen LogP contribution in [0, 0.1) is 28.9 Å². The number of amides is 1. The molecule has 0 saturated heterocycles. The third-order valence-electron chi connectivity index (χ3n) is 4.66. The maximum absolute atomic E-state index is 13.5. The van der Waals surface area contributed by atoms with Crippen LogP contribution in [0.2, 0.25) is 0 Å². The molecule has 25 heavy (non-hydrogen) atoms. The lowest BCUT2D eigenvalue weighted by Gasteiger charge is -2.38. The molecule has 2 aromatic carbocycles. The van der Waals surface area contributed by atoms with Crippen LogP contribution in [0.5, 0.6) is 0 Å². The first-order valence-corrected chi connectivity index (χ1v) is 8.31. The van der Waals surface area contributed by atoms with E-state index in [0.29, 0.717) is 17.7 Å². The molecule has 0 aliphatic heterocycles. The highest BCUT2D eigenvalue weighted by molar-refractivity contribution is 5.94. The lowest BCUT2D eigenvalue weighted by atomic mass is 9.70. The van der Waals surface area contributed by atoms with Gasteiger partial charge in [0.2, 0.25) is 0 Å². The summed E-state index contributed by atoms with van der Waals surface area (Å²) in [4.78, 5) is 12.2. The summed E-state index contributed by atoms with van der Waals surface area (Å²) in [5.41, 5.74) is 1.60. The summed E-state index contributed by atoms with van der Waals surface area (Å²) in [5, 5.41) is 2.97. The number of rotatable bonds is 3. The highest BCUT2D eigenvalue weighted by Gasteiger charge is 2.31. The number of carbonyl (C=O) groups is 1. The van der Waals surface area contributed by atoms with E-state index in [4.69, 9.17) is 0 Å². The van der Waals surface area contributed by atoms with Gasteiger partial charge in [0.25, 0.3) is 5.91 Å². The summed E-state index contributed by atoms with van der Waals surface area (Å²) in [5.74, 6) is 4.07. The Hall–Kier alpha value is -2.67. The summed E-state index contributed by atoms with van der Waals surface area (Å²) >= 11 is 0. The molecular formula is C21H19F2NO. The monoisotopic (exact) mass is 339 g/mol. The van der Waals surface area contributed by atoms with Crippen LogP contribution < -0.4 is 5.32 Å². The molecule has 0 heterocycles. The van der Waals surface area contributed by atoms with Gasteiger partial charge in [-0.3, -0.25) is 4.79 Å². The average Bonchev–Trinajstić information content (AvgIpc) is 2.58. The fourth-order valence-corrected chi connectivity index (χ4v) is 2.79. The van der Waals surface area contributed by atoms with Gasteiger partial charge >= 0.3 is 0 Å². The van der Waals surface area contributed by atoms with Crippen molar-refractivity contribution in [3.05, 3.63) is 70.8 Å². The predicted molar refractivity (Wildman–Crippen MR) is 93.1 cm³/mol. The molecule has 1 aliphatic carbocycles. The summed E-state index contributed by atoms with van der Waals surface area (Å²) in [6, 6.07) is 10.1. The molecule has 0 bridgehead atoms. The van der Waals surface area contributed by atoms with Crippen LogP contribution in [-0.2, 0) is 0 Å². The second-order valence-electron chi connectivity index (χ2n) is 6.80. The van der Waals surface area contributed by atoms with Crippen LogP contribution in [0.4, 0.5) is 8.78 Å². The first-order valence-electron chi connectivity index (χ1n) is 8.31. The van der Waals surface area contributed by atoms with Crippen LogP contribution in [-0.4, -0.2) is 12.5 Å². The Balaban J connectivity index is 1.64. The number of benzene rings is 2. The minimum Gasteiger partial charge on any atom is -0.351 e. The fraction of sp³-hybridized carbons (Fsp3) is 0.286. The molecule has 2 nitrogen and oxygen atoms in total. The van der Waals surface area contributed by atoms with Gasteiger partial charge in [-0.05, 0) is 54.7 Å². The van der Waals surface area contributed by atoms with Crippen molar-refractivity contribution in [1.82, 2.24) is 5.32 Å². The van der Waals surface area contributed by atoms with Gasteiger partial charge in [0.05, 0.1) is 5.56 Å². The molecule has 1 saturated carbocycles. The molecule has 1 aliphatic rings. The SMILES string of the molecule is CC1(CNC(=O)c2ccc(C#Cc3ccc(F)cc3F)cc2)CCC1. The van der Waals surface area contributed by atoms with Crippen molar-refractivity contribution in [1.29, 1.82) is 0 Å². The Kier molecular flexibility index (Phi) is 4.85. The number of nitrogens with one attached hydrogen (secondary N) is 1. The predicted octanol–water partition coefficient (Wildman–Crippen LogP) is 4.28. The molecule has 0 spiro atoms. The van der Waals surface area contributed by atoms with Crippen molar-refractivity contribution < 1.29 is 13.6 Å². The smallest absolute Gasteiger partial charge is 0.251 e. The van der Waals surface area contributed by atoms with E-state index in [2.05, 4.69) is 24.1 Å². The highest BCUT2D eigenvalue weighted by atomic mass is 19.1. The minimum atomic E-state index is -0.687. The van der Waals surface area contributed by atoms with E-state index in [-0.39, 0.29) is 16.9 Å². The number of halogens is 2. The maximum atomic E-state index is 13.5. The van der Waals surface area contributed by atoms with Crippen LogP contribution in [0.3, 0.4) is 0 Å². The molecule has 0 radical (unpaired) electrons. The van der Waals surface area contributed by atoms with Crippen molar-refractivity contribution in [2.24, 2.45) is 5.41 Å². The fourth-order valence-electron chi connectivity index (χ4n) is 2.79. The molecule has 0 aromatic heterocycles. The second kappa shape index (κ2) is 7.06. The van der Waals surface area contributed by atoms with Gasteiger partial charge in [0.1, 0.15) is 11.6 Å². The Morgan fingerprint density at radius 2 is 1.84 bits per heavy atom. The molecular weight excluding hydrogens is 320 g/mol. The Morgan fingerprint density at radius 3 is 2.44 bits per heavy atom. The van der Waals surface area contributed by atoms with Crippen LogP contribution >= 0.6 is 0 Å². The first-order chi connectivity index (χ1) is 12.0. The molecule has 3 rings (SSSR count). The van der Waals surface area contributed by atoms with E-state index in [9.17, 15) is 13.6 Å². The summed E-state index contributed by atoms with van der Waals surface area (Å²) in [7, 11) is 0. The molecule has 0 unspecified atom stereocenters. The van der Waals surface area contributed by atoms with E-state index >= 15 is 0 Å². The molecule has 128 valence electrons. The van der Waals surface area contributed by atoms with Gasteiger partial charge in [0.15, 0.2) is 0 Å². The summed E-state index contributed by atoms with van der Waals surface area (Å²) in [6.45, 7) is 2.88. The summed E-state index contributed by atoms with van der Waals surface area (Å²) < 4.78 is 26.4. The zero-order valence-corrected chi connectivity index (χ0v) is 14.0. The van der Waals surface area contributed by atoms with E-state index in [1.165, 1.54) is 18.6 Å². The van der Waals surface area contributed by atoms with Crippen LogP contribution in [0.1, 0.15) is 47.7 Å². The number of hydrogen-bond donors (Lipinski definition) is 1. The molecule has 0 atom stereocenters. The third-order valence-corrected chi connectivity index (χ3v) is 4.66. The number of hydrogen-bond acceptors (Lipinski definition) is 1. The van der Waals surface area contributed by atoms with E-state index in [1.807, 2.05) is 0 Å². The molecule has 1 fully saturated rings. The Morgan fingerprint density at radius 1 is 1.12 bits per heavy atom. The van der Waals surface area contributed by atoms with Gasteiger partial charge in [-0.25, -0.2) is 8.78 Å². The molecule has 1 N–H and O–H groups in total. The van der Waals surface area contributed by atoms with Gasteiger partial charge in [-0.1, -0.05) is 25.2 Å². The van der Waals surface area contributed by atoms with Crippen LogP contribution in [0.15, 0.2) is 42.5 Å².